The number of nitrogens with two attached hydrogens (primary N) is 1. The van der Waals surface area contributed by atoms with Crippen LogP contribution in [0, 0.1) is 0 Å². The summed E-state index contributed by atoms with van der Waals surface area (Å²) >= 11 is 0. The topological polar surface area (TPSA) is 60.2 Å². The third kappa shape index (κ3) is 2.65. The van der Waals surface area contributed by atoms with Gasteiger partial charge >= 0.3 is 0 Å². The number of nitrogens with one attached hydrogen (secondary N) is 1. The van der Waals surface area contributed by atoms with Crippen molar-refractivity contribution in [2.75, 3.05) is 30.8 Å². The predicted molar refractivity (Wildman–Crippen MR) is 71.1 cm³/mol. The van der Waals surface area contributed by atoms with Crippen molar-refractivity contribution in [2.45, 2.75) is 6.92 Å². The molecule has 0 radical (unpaired) electrons. The third-order valence-corrected chi connectivity index (χ3v) is 2.62. The first-order valence-electron chi connectivity index (χ1n) is 5.76. The summed E-state index contributed by atoms with van der Waals surface area (Å²) in [5.41, 5.74) is 7.74. The molecule has 0 atom stereocenters. The Hall–Kier alpha value is -1.81. The van der Waals surface area contributed by atoms with Crippen molar-refractivity contribution in [3.8, 4) is 0 Å². The van der Waals surface area contributed by atoms with Crippen LogP contribution in [-0.4, -0.2) is 24.7 Å². The average molecular weight is 231 g/mol. The molecule has 1 aromatic heterocycles. The van der Waals surface area contributed by atoms with Crippen LogP contribution < -0.4 is 11.1 Å². The molecule has 0 aliphatic carbocycles. The number of nitrogens with zero attached hydrogens (tertiary/aromatic N) is 1. The molecule has 0 aliphatic heterocycles. The molecule has 0 saturated heterocycles. The molecule has 0 bridgehead atoms. The molecule has 0 fully saturated rings. The molecule has 0 saturated carbocycles. The number of fused-ring (bicyclic) bond motifs is 1. The fraction of sp³-hybridized carbons (Fsp3) is 0.308. The number of hydrogen-bond donors (Lipinski definition) is 2. The number of nitrogen functional groups attached to an aromatic ring is 1. The van der Waals surface area contributed by atoms with E-state index in [0.717, 1.165) is 35.3 Å². The highest BCUT2D eigenvalue weighted by molar-refractivity contribution is 6.00. The normalized spacial score (nSPS) is 10.6. The van der Waals surface area contributed by atoms with Crippen LogP contribution in [0.1, 0.15) is 6.92 Å². The zero-order valence-corrected chi connectivity index (χ0v) is 9.94. The van der Waals surface area contributed by atoms with Crippen LogP contribution in [-0.2, 0) is 4.74 Å². The van der Waals surface area contributed by atoms with Crippen molar-refractivity contribution in [1.29, 1.82) is 0 Å². The maximum Gasteiger partial charge on any atom is 0.0638 e. The van der Waals surface area contributed by atoms with Gasteiger partial charge in [0.25, 0.3) is 0 Å². The highest BCUT2D eigenvalue weighted by Gasteiger charge is 2.03. The minimum absolute atomic E-state index is 0.697. The quantitative estimate of drug-likeness (QED) is 0.612. The zero-order valence-electron chi connectivity index (χ0n) is 9.94. The molecular formula is C13H17N3O. The van der Waals surface area contributed by atoms with Gasteiger partial charge in [-0.1, -0.05) is 0 Å². The monoisotopic (exact) mass is 231 g/mol. The first kappa shape index (κ1) is 11.7. The Morgan fingerprint density at radius 2 is 2.18 bits per heavy atom. The van der Waals surface area contributed by atoms with Crippen molar-refractivity contribution in [2.24, 2.45) is 0 Å². The predicted octanol–water partition coefficient (Wildman–Crippen LogP) is 2.27. The largest absolute Gasteiger partial charge is 0.398 e. The first-order chi connectivity index (χ1) is 8.33. The van der Waals surface area contributed by atoms with Gasteiger partial charge in [-0.2, -0.15) is 0 Å². The summed E-state index contributed by atoms with van der Waals surface area (Å²) in [7, 11) is 0. The number of benzene rings is 1. The lowest BCUT2D eigenvalue weighted by Crippen LogP contribution is -2.09. The lowest BCUT2D eigenvalue weighted by molar-refractivity contribution is 0.158. The highest BCUT2D eigenvalue weighted by Crippen LogP contribution is 2.27. The molecule has 1 aromatic carbocycles. The van der Waals surface area contributed by atoms with Gasteiger partial charge < -0.3 is 15.8 Å². The van der Waals surface area contributed by atoms with Gasteiger partial charge in [0.1, 0.15) is 0 Å². The van der Waals surface area contributed by atoms with Crippen LogP contribution in [0.15, 0.2) is 30.6 Å². The van der Waals surface area contributed by atoms with Gasteiger partial charge in [-0.15, -0.1) is 0 Å². The summed E-state index contributed by atoms with van der Waals surface area (Å²) in [6.45, 7) is 4.21. The number of anilines is 2. The number of aromatic nitrogens is 1. The number of hydrogen-bond acceptors (Lipinski definition) is 4. The van der Waals surface area contributed by atoms with Crippen molar-refractivity contribution in [3.05, 3.63) is 30.6 Å². The SMILES string of the molecule is CCOCCNc1ccc(N)c2ccncc12. The first-order valence-corrected chi connectivity index (χ1v) is 5.76. The van der Waals surface area contributed by atoms with Gasteiger partial charge in [0.05, 0.1) is 6.61 Å². The van der Waals surface area contributed by atoms with Gasteiger partial charge in [0.15, 0.2) is 0 Å². The second kappa shape index (κ2) is 5.50. The van der Waals surface area contributed by atoms with Gasteiger partial charge in [-0.25, -0.2) is 0 Å². The van der Waals surface area contributed by atoms with E-state index in [9.17, 15) is 0 Å². The molecule has 2 aromatic rings. The molecule has 3 N–H and O–H groups in total. The fourth-order valence-corrected chi connectivity index (χ4v) is 1.77. The van der Waals surface area contributed by atoms with E-state index in [1.54, 1.807) is 6.20 Å². The van der Waals surface area contributed by atoms with Crippen LogP contribution in [0.4, 0.5) is 11.4 Å². The van der Waals surface area contributed by atoms with E-state index in [2.05, 4.69) is 10.3 Å². The van der Waals surface area contributed by atoms with Crippen LogP contribution in [0.25, 0.3) is 10.8 Å². The Morgan fingerprint density at radius 3 is 3.00 bits per heavy atom. The van der Waals surface area contributed by atoms with E-state index >= 15 is 0 Å². The Kier molecular flexibility index (Phi) is 3.77. The molecule has 1 heterocycles. The third-order valence-electron chi connectivity index (χ3n) is 2.62. The number of rotatable bonds is 5. The molecule has 0 amide bonds. The second-order valence-corrected chi connectivity index (χ2v) is 3.75. The lowest BCUT2D eigenvalue weighted by atomic mass is 10.1. The molecule has 4 nitrogen and oxygen atoms in total. The van der Waals surface area contributed by atoms with Crippen LogP contribution in [0.3, 0.4) is 0 Å². The van der Waals surface area contributed by atoms with Crippen LogP contribution in [0.2, 0.25) is 0 Å². The highest BCUT2D eigenvalue weighted by atomic mass is 16.5. The molecule has 0 aliphatic rings. The minimum atomic E-state index is 0.697. The van der Waals surface area contributed by atoms with Crippen molar-refractivity contribution >= 4 is 22.1 Å². The summed E-state index contributed by atoms with van der Waals surface area (Å²) in [4.78, 5) is 4.13. The van der Waals surface area contributed by atoms with Crippen molar-refractivity contribution in [3.63, 3.8) is 0 Å². The van der Waals surface area contributed by atoms with Crippen molar-refractivity contribution < 1.29 is 4.74 Å². The molecule has 2 rings (SSSR count). The second-order valence-electron chi connectivity index (χ2n) is 3.75. The summed E-state index contributed by atoms with van der Waals surface area (Å²) in [6, 6.07) is 5.81. The summed E-state index contributed by atoms with van der Waals surface area (Å²) in [5, 5.41) is 5.40. The lowest BCUT2D eigenvalue weighted by Gasteiger charge is -2.10. The molecule has 4 heteroatoms. The van der Waals surface area contributed by atoms with Gasteiger partial charge in [-0.3, -0.25) is 4.98 Å². The van der Waals surface area contributed by atoms with E-state index in [4.69, 9.17) is 10.5 Å². The average Bonchev–Trinajstić information content (AvgIpc) is 2.37. The maximum absolute atomic E-state index is 5.92. The Bertz CT molecular complexity index is 499. The number of pyridine rings is 1. The van der Waals surface area contributed by atoms with E-state index < -0.39 is 0 Å². The number of ether oxygens (including phenoxy) is 1. The molecule has 0 unspecified atom stereocenters. The maximum atomic E-state index is 5.92. The molecule has 17 heavy (non-hydrogen) atoms. The van der Waals surface area contributed by atoms with E-state index in [1.807, 2.05) is 31.3 Å². The Morgan fingerprint density at radius 1 is 1.29 bits per heavy atom. The van der Waals surface area contributed by atoms with Crippen molar-refractivity contribution in [1.82, 2.24) is 4.98 Å². The zero-order chi connectivity index (χ0) is 12.1. The van der Waals surface area contributed by atoms with E-state index in [-0.39, 0.29) is 0 Å². The van der Waals surface area contributed by atoms with Gasteiger partial charge in [-0.05, 0) is 25.1 Å². The molecule has 0 spiro atoms. The van der Waals surface area contributed by atoms with E-state index in [1.165, 1.54) is 0 Å². The van der Waals surface area contributed by atoms with E-state index in [0.29, 0.717) is 6.61 Å². The Balaban J connectivity index is 2.20. The smallest absolute Gasteiger partial charge is 0.0638 e. The molecular weight excluding hydrogens is 214 g/mol. The molecule has 90 valence electrons. The summed E-state index contributed by atoms with van der Waals surface area (Å²) in [6.07, 6.45) is 3.58. The van der Waals surface area contributed by atoms with Gasteiger partial charge in [0, 0.05) is 47.7 Å². The standard InChI is InChI=1S/C13H17N3O/c1-2-17-8-7-16-13-4-3-12(14)10-5-6-15-9-11(10)13/h3-6,9,16H,2,7-8,14H2,1H3. The van der Waals surface area contributed by atoms with Gasteiger partial charge in [0.2, 0.25) is 0 Å². The minimum Gasteiger partial charge on any atom is -0.398 e. The Labute approximate surface area is 101 Å². The van der Waals surface area contributed by atoms with Crippen LogP contribution >= 0.6 is 0 Å². The summed E-state index contributed by atoms with van der Waals surface area (Å²) < 4.78 is 5.29. The van der Waals surface area contributed by atoms with Crippen LogP contribution in [0.5, 0.6) is 0 Å². The fourth-order valence-electron chi connectivity index (χ4n) is 1.77. The summed E-state index contributed by atoms with van der Waals surface area (Å²) in [5.74, 6) is 0.